The molecule has 1 aliphatic rings. The maximum Gasteiger partial charge on any atom is 0.265 e. The van der Waals surface area contributed by atoms with Crippen molar-refractivity contribution in [3.63, 3.8) is 0 Å². The highest BCUT2D eigenvalue weighted by Crippen LogP contribution is 2.29. The van der Waals surface area contributed by atoms with Crippen LogP contribution in [0.5, 0.6) is 0 Å². The van der Waals surface area contributed by atoms with E-state index in [1.54, 1.807) is 29.6 Å². The molecule has 0 aliphatic heterocycles. The minimum Gasteiger partial charge on any atom is -0.349 e. The summed E-state index contributed by atoms with van der Waals surface area (Å²) in [6.45, 7) is 0. The molecule has 0 unspecified atom stereocenters. The van der Waals surface area contributed by atoms with Gasteiger partial charge in [-0.3, -0.25) is 9.10 Å². The molecule has 1 amide bonds. The van der Waals surface area contributed by atoms with Gasteiger partial charge in [-0.15, -0.1) is 11.3 Å². The van der Waals surface area contributed by atoms with Gasteiger partial charge in [0.15, 0.2) is 0 Å². The number of anilines is 1. The van der Waals surface area contributed by atoms with Crippen LogP contribution in [0.25, 0.3) is 0 Å². The van der Waals surface area contributed by atoms with Crippen LogP contribution in [0.1, 0.15) is 54.6 Å². The van der Waals surface area contributed by atoms with Crippen molar-refractivity contribution < 1.29 is 13.2 Å². The van der Waals surface area contributed by atoms with Crippen LogP contribution in [-0.2, 0) is 10.0 Å². The van der Waals surface area contributed by atoms with Crippen LogP contribution in [0.2, 0.25) is 5.02 Å². The Labute approximate surface area is 175 Å². The van der Waals surface area contributed by atoms with E-state index in [0.717, 1.165) is 37.0 Å². The summed E-state index contributed by atoms with van der Waals surface area (Å²) >= 11 is 7.05. The van der Waals surface area contributed by atoms with Crippen LogP contribution in [0.15, 0.2) is 40.6 Å². The maximum atomic E-state index is 13.1. The van der Waals surface area contributed by atoms with E-state index in [2.05, 4.69) is 5.32 Å². The Morgan fingerprint density at radius 1 is 1.07 bits per heavy atom. The molecule has 5 nitrogen and oxygen atoms in total. The zero-order valence-corrected chi connectivity index (χ0v) is 18.2. The molecule has 1 saturated carbocycles. The molecule has 1 fully saturated rings. The van der Waals surface area contributed by atoms with Crippen molar-refractivity contribution in [2.75, 3.05) is 11.4 Å². The molecule has 0 radical (unpaired) electrons. The van der Waals surface area contributed by atoms with Gasteiger partial charge >= 0.3 is 0 Å². The van der Waals surface area contributed by atoms with Crippen LogP contribution < -0.4 is 9.62 Å². The first-order chi connectivity index (χ1) is 13.4. The highest BCUT2D eigenvalue weighted by molar-refractivity contribution is 7.93. The van der Waals surface area contributed by atoms with E-state index in [1.807, 2.05) is 0 Å². The van der Waals surface area contributed by atoms with Crippen molar-refractivity contribution in [3.8, 4) is 0 Å². The standard InChI is InChI=1S/C20H25ClN2O3S2/c1-23(17-11-9-15(21)10-12-17)28(25,26)18-13-14-27-19(18)20(24)22-16-7-5-3-2-4-6-8-16/h9-14,16H,2-8H2,1H3,(H,22,24). The summed E-state index contributed by atoms with van der Waals surface area (Å²) in [5, 5.41) is 5.24. The lowest BCUT2D eigenvalue weighted by Crippen LogP contribution is -2.36. The zero-order valence-electron chi connectivity index (χ0n) is 15.9. The predicted octanol–water partition coefficient (Wildman–Crippen LogP) is 5.07. The fourth-order valence-corrected chi connectivity index (χ4v) is 6.08. The SMILES string of the molecule is CN(c1ccc(Cl)cc1)S(=O)(=O)c1ccsc1C(=O)NC1CCCCCCC1. The number of benzene rings is 1. The van der Waals surface area contributed by atoms with Crippen LogP contribution in [-0.4, -0.2) is 27.4 Å². The first-order valence-electron chi connectivity index (χ1n) is 9.52. The van der Waals surface area contributed by atoms with Gasteiger partial charge in [0, 0.05) is 18.1 Å². The minimum absolute atomic E-state index is 0.0401. The van der Waals surface area contributed by atoms with Gasteiger partial charge in [0.2, 0.25) is 0 Å². The van der Waals surface area contributed by atoms with Gasteiger partial charge in [0.05, 0.1) is 5.69 Å². The molecule has 0 atom stereocenters. The van der Waals surface area contributed by atoms with Crippen molar-refractivity contribution in [2.24, 2.45) is 0 Å². The lowest BCUT2D eigenvalue weighted by Gasteiger charge is -2.22. The number of hydrogen-bond donors (Lipinski definition) is 1. The second-order valence-electron chi connectivity index (χ2n) is 7.08. The highest BCUT2D eigenvalue weighted by Gasteiger charge is 2.29. The largest absolute Gasteiger partial charge is 0.349 e. The molecular weight excluding hydrogens is 416 g/mol. The molecule has 1 aromatic heterocycles. The first-order valence-corrected chi connectivity index (χ1v) is 12.2. The Bertz CT molecular complexity index is 902. The summed E-state index contributed by atoms with van der Waals surface area (Å²) in [6.07, 6.45) is 7.73. The second kappa shape index (κ2) is 9.29. The quantitative estimate of drug-likeness (QED) is 0.705. The molecule has 28 heavy (non-hydrogen) atoms. The fourth-order valence-electron chi connectivity index (χ4n) is 3.45. The van der Waals surface area contributed by atoms with E-state index in [0.29, 0.717) is 10.7 Å². The number of halogens is 1. The number of carbonyl (C=O) groups is 1. The lowest BCUT2D eigenvalue weighted by molar-refractivity contribution is 0.0931. The van der Waals surface area contributed by atoms with Crippen LogP contribution in [0.4, 0.5) is 5.69 Å². The number of sulfonamides is 1. The van der Waals surface area contributed by atoms with Gasteiger partial charge in [-0.25, -0.2) is 8.42 Å². The van der Waals surface area contributed by atoms with Crippen molar-refractivity contribution in [3.05, 3.63) is 45.6 Å². The fraction of sp³-hybridized carbons (Fsp3) is 0.450. The van der Waals surface area contributed by atoms with E-state index >= 15 is 0 Å². The Balaban J connectivity index is 1.79. The number of hydrogen-bond acceptors (Lipinski definition) is 4. The number of amides is 1. The number of rotatable bonds is 5. The summed E-state index contributed by atoms with van der Waals surface area (Å²) in [4.78, 5) is 13.1. The highest BCUT2D eigenvalue weighted by atomic mass is 35.5. The third-order valence-electron chi connectivity index (χ3n) is 5.10. The van der Waals surface area contributed by atoms with E-state index in [9.17, 15) is 13.2 Å². The topological polar surface area (TPSA) is 66.5 Å². The Morgan fingerprint density at radius 2 is 1.68 bits per heavy atom. The average molecular weight is 441 g/mol. The van der Waals surface area contributed by atoms with E-state index in [4.69, 9.17) is 11.6 Å². The third kappa shape index (κ3) is 4.88. The Kier molecular flexibility index (Phi) is 7.01. The van der Waals surface area contributed by atoms with E-state index in [-0.39, 0.29) is 21.7 Å². The maximum absolute atomic E-state index is 13.1. The monoisotopic (exact) mass is 440 g/mol. The van der Waals surface area contributed by atoms with Gasteiger partial charge in [0.25, 0.3) is 15.9 Å². The molecular formula is C20H25ClN2O3S2. The molecule has 0 spiro atoms. The number of carbonyl (C=O) groups excluding carboxylic acids is 1. The number of thiophene rings is 1. The Hall–Kier alpha value is -1.57. The van der Waals surface area contributed by atoms with E-state index in [1.165, 1.54) is 36.7 Å². The molecule has 1 aromatic carbocycles. The lowest BCUT2D eigenvalue weighted by atomic mass is 9.97. The van der Waals surface area contributed by atoms with Crippen molar-refractivity contribution in [2.45, 2.75) is 55.9 Å². The minimum atomic E-state index is -3.85. The van der Waals surface area contributed by atoms with Gasteiger partial charge in [-0.05, 0) is 48.6 Å². The Morgan fingerprint density at radius 3 is 2.32 bits per heavy atom. The first kappa shape index (κ1) is 21.1. The van der Waals surface area contributed by atoms with Crippen molar-refractivity contribution in [1.29, 1.82) is 0 Å². The molecule has 8 heteroatoms. The smallest absolute Gasteiger partial charge is 0.265 e. The molecule has 1 aliphatic carbocycles. The summed E-state index contributed by atoms with van der Waals surface area (Å²) in [7, 11) is -2.37. The molecule has 152 valence electrons. The number of nitrogens with one attached hydrogen (secondary N) is 1. The van der Waals surface area contributed by atoms with Gasteiger partial charge in [0.1, 0.15) is 9.77 Å². The molecule has 1 N–H and O–H groups in total. The molecule has 1 heterocycles. The van der Waals surface area contributed by atoms with Crippen LogP contribution in [0.3, 0.4) is 0 Å². The summed E-state index contributed by atoms with van der Waals surface area (Å²) < 4.78 is 27.4. The van der Waals surface area contributed by atoms with E-state index < -0.39 is 10.0 Å². The zero-order chi connectivity index (χ0) is 20.1. The van der Waals surface area contributed by atoms with Gasteiger partial charge in [-0.1, -0.05) is 43.7 Å². The molecule has 0 saturated heterocycles. The second-order valence-corrected chi connectivity index (χ2v) is 10.4. The number of nitrogens with zero attached hydrogens (tertiary/aromatic N) is 1. The van der Waals surface area contributed by atoms with Crippen molar-refractivity contribution >= 4 is 44.6 Å². The molecule has 0 bridgehead atoms. The third-order valence-corrected chi connectivity index (χ3v) is 8.23. The van der Waals surface area contributed by atoms with Crippen molar-refractivity contribution in [1.82, 2.24) is 5.32 Å². The normalized spacial score (nSPS) is 16.2. The van der Waals surface area contributed by atoms with Gasteiger partial charge < -0.3 is 5.32 Å². The molecule has 2 aromatic rings. The molecule has 3 rings (SSSR count). The average Bonchev–Trinajstić information content (AvgIpc) is 3.14. The summed E-state index contributed by atoms with van der Waals surface area (Å²) in [5.74, 6) is -0.302. The summed E-state index contributed by atoms with van der Waals surface area (Å²) in [5.41, 5.74) is 0.488. The predicted molar refractivity (Wildman–Crippen MR) is 115 cm³/mol. The summed E-state index contributed by atoms with van der Waals surface area (Å²) in [6, 6.07) is 8.16. The van der Waals surface area contributed by atoms with Gasteiger partial charge in [-0.2, -0.15) is 0 Å². The van der Waals surface area contributed by atoms with Crippen LogP contribution in [0, 0.1) is 0 Å². The van der Waals surface area contributed by atoms with Crippen LogP contribution >= 0.6 is 22.9 Å².